The van der Waals surface area contributed by atoms with Crippen LogP contribution in [0.3, 0.4) is 0 Å². The van der Waals surface area contributed by atoms with E-state index >= 15 is 0 Å². The van der Waals surface area contributed by atoms with Crippen molar-refractivity contribution >= 4 is 12.4 Å². The summed E-state index contributed by atoms with van der Waals surface area (Å²) < 4.78 is 5.12. The molecule has 0 spiro atoms. The first-order chi connectivity index (χ1) is 13.0. The zero-order chi connectivity index (χ0) is 21.4. The molecule has 0 aliphatic heterocycles. The van der Waals surface area contributed by atoms with Gasteiger partial charge in [0, 0.05) is 0 Å². The molecule has 0 saturated heterocycles. The molecular weight excluding hydrogens is 352 g/mol. The Labute approximate surface area is 170 Å². The quantitative estimate of drug-likeness (QED) is 0.342. The third-order valence-electron chi connectivity index (χ3n) is 5.77. The second-order valence-electron chi connectivity index (χ2n) is 9.27. The zero-order valence-electron chi connectivity index (χ0n) is 18.6. The Morgan fingerprint density at radius 1 is 1.00 bits per heavy atom. The van der Waals surface area contributed by atoms with E-state index in [4.69, 9.17) is 4.74 Å². The zero-order valence-corrected chi connectivity index (χ0v) is 18.6. The predicted octanol–water partition coefficient (Wildman–Crippen LogP) is 5.79. The van der Waals surface area contributed by atoms with Gasteiger partial charge in [-0.25, -0.2) is 0 Å². The fraction of sp³-hybridized carbons (Fsp3) is 0.667. The first-order valence-electron chi connectivity index (χ1n) is 10.4. The largest absolute Gasteiger partial charge is 0.481 e. The molecule has 0 aliphatic carbocycles. The molecule has 0 unspecified atom stereocenters. The van der Waals surface area contributed by atoms with Crippen LogP contribution in [0.2, 0.25) is 0 Å². The molecule has 0 radical (unpaired) electrons. The van der Waals surface area contributed by atoms with Gasteiger partial charge in [0.25, 0.3) is 6.47 Å². The summed E-state index contributed by atoms with van der Waals surface area (Å²) >= 11 is 0. The minimum atomic E-state index is -0.720. The maximum atomic E-state index is 11.2. The van der Waals surface area contributed by atoms with Crippen LogP contribution in [0, 0.1) is 19.3 Å². The van der Waals surface area contributed by atoms with E-state index in [2.05, 4.69) is 26.0 Å². The van der Waals surface area contributed by atoms with Gasteiger partial charge < -0.3 is 9.84 Å². The Balaban J connectivity index is 2.57. The lowest BCUT2D eigenvalue weighted by molar-refractivity contribution is -0.147. The molecule has 0 amide bonds. The van der Waals surface area contributed by atoms with Crippen molar-refractivity contribution in [2.45, 2.75) is 98.5 Å². The molecule has 4 heteroatoms. The fourth-order valence-corrected chi connectivity index (χ4v) is 3.48. The summed E-state index contributed by atoms with van der Waals surface area (Å²) in [7, 11) is 0. The van der Waals surface area contributed by atoms with Crippen molar-refractivity contribution in [3.63, 3.8) is 0 Å². The van der Waals surface area contributed by atoms with Crippen LogP contribution >= 0.6 is 0 Å². The van der Waals surface area contributed by atoms with Crippen molar-refractivity contribution < 1.29 is 19.4 Å². The van der Waals surface area contributed by atoms with E-state index in [0.29, 0.717) is 12.9 Å². The number of carboxylic acids is 1. The number of carboxylic acid groups (broad SMARTS) is 1. The van der Waals surface area contributed by atoms with Crippen LogP contribution in [0.15, 0.2) is 12.1 Å². The minimum Gasteiger partial charge on any atom is -0.481 e. The van der Waals surface area contributed by atoms with Gasteiger partial charge in [0.2, 0.25) is 0 Å². The number of carbonyl (C=O) groups is 2. The normalized spacial score (nSPS) is 12.1. The van der Waals surface area contributed by atoms with Gasteiger partial charge in [0.1, 0.15) is 5.60 Å². The lowest BCUT2D eigenvalue weighted by Crippen LogP contribution is -2.23. The highest BCUT2D eigenvalue weighted by atomic mass is 16.5. The average Bonchev–Trinajstić information content (AvgIpc) is 2.59. The van der Waals surface area contributed by atoms with E-state index < -0.39 is 17.0 Å². The summed E-state index contributed by atoms with van der Waals surface area (Å²) in [5.41, 5.74) is 4.39. The Morgan fingerprint density at radius 3 is 2.21 bits per heavy atom. The third kappa shape index (κ3) is 8.04. The molecule has 0 heterocycles. The van der Waals surface area contributed by atoms with Crippen molar-refractivity contribution in [2.75, 3.05) is 0 Å². The van der Waals surface area contributed by atoms with Crippen molar-refractivity contribution in [3.8, 4) is 0 Å². The molecule has 28 heavy (non-hydrogen) atoms. The van der Waals surface area contributed by atoms with Crippen LogP contribution in [0.4, 0.5) is 0 Å². The maximum absolute atomic E-state index is 11.2. The molecule has 4 nitrogen and oxygen atoms in total. The summed E-state index contributed by atoms with van der Waals surface area (Å²) in [6.07, 6.45) is 7.62. The molecule has 1 N–H and O–H groups in total. The van der Waals surface area contributed by atoms with E-state index in [-0.39, 0.29) is 0 Å². The number of hydrogen-bond donors (Lipinski definition) is 1. The molecule has 0 atom stereocenters. The van der Waals surface area contributed by atoms with Gasteiger partial charge in [-0.3, -0.25) is 9.59 Å². The van der Waals surface area contributed by atoms with Crippen LogP contribution < -0.4 is 0 Å². The highest BCUT2D eigenvalue weighted by Gasteiger charge is 2.26. The molecule has 0 bridgehead atoms. The smallest absolute Gasteiger partial charge is 0.309 e. The van der Waals surface area contributed by atoms with Crippen LogP contribution in [-0.2, 0) is 27.2 Å². The molecule has 1 rings (SSSR count). The predicted molar refractivity (Wildman–Crippen MR) is 114 cm³/mol. The summed E-state index contributed by atoms with van der Waals surface area (Å²) in [4.78, 5) is 21.7. The van der Waals surface area contributed by atoms with Crippen LogP contribution in [-0.4, -0.2) is 23.1 Å². The molecule has 0 saturated carbocycles. The van der Waals surface area contributed by atoms with Crippen LogP contribution in [0.1, 0.15) is 88.5 Å². The Hall–Kier alpha value is -1.84. The molecule has 0 aliphatic rings. The van der Waals surface area contributed by atoms with Gasteiger partial charge in [0.05, 0.1) is 5.41 Å². The van der Waals surface area contributed by atoms with E-state index in [1.165, 1.54) is 22.3 Å². The SMILES string of the molecule is Cc1cc(CCCCC(C)(C)C(=O)O)cc(CCCCC(C)(C)OC=O)c1C. The second-order valence-corrected chi connectivity index (χ2v) is 9.27. The first kappa shape index (κ1) is 24.2. The number of carbonyl (C=O) groups excluding carboxylic acids is 1. The minimum absolute atomic E-state index is 0.391. The molecule has 1 aromatic rings. The summed E-state index contributed by atoms with van der Waals surface area (Å²) in [6.45, 7) is 12.4. The van der Waals surface area contributed by atoms with E-state index in [1.807, 2.05) is 13.8 Å². The first-order valence-corrected chi connectivity index (χ1v) is 10.4. The van der Waals surface area contributed by atoms with Gasteiger partial charge in [0.15, 0.2) is 0 Å². The standard InChI is InChI=1S/C24H38O4/c1-18-15-20(11-7-9-13-23(3,4)22(26)27)16-21(19(18)2)12-8-10-14-24(5,6)28-17-25/h15-17H,7-14H2,1-6H3,(H,26,27). The van der Waals surface area contributed by atoms with Gasteiger partial charge >= 0.3 is 5.97 Å². The Kier molecular flexibility index (Phi) is 9.19. The number of ether oxygens (including phenoxy) is 1. The van der Waals surface area contributed by atoms with Gasteiger partial charge in [-0.2, -0.15) is 0 Å². The summed E-state index contributed by atoms with van der Waals surface area (Å²) in [5.74, 6) is -0.720. The lowest BCUT2D eigenvalue weighted by Gasteiger charge is -2.22. The molecule has 1 aromatic carbocycles. The summed E-state index contributed by atoms with van der Waals surface area (Å²) in [5, 5.41) is 9.22. The average molecular weight is 391 g/mol. The van der Waals surface area contributed by atoms with Gasteiger partial charge in [-0.1, -0.05) is 18.6 Å². The Morgan fingerprint density at radius 2 is 1.61 bits per heavy atom. The third-order valence-corrected chi connectivity index (χ3v) is 5.77. The highest BCUT2D eigenvalue weighted by molar-refractivity contribution is 5.73. The van der Waals surface area contributed by atoms with E-state index in [0.717, 1.165) is 44.9 Å². The van der Waals surface area contributed by atoms with Crippen LogP contribution in [0.25, 0.3) is 0 Å². The fourth-order valence-electron chi connectivity index (χ4n) is 3.48. The molecule has 158 valence electrons. The van der Waals surface area contributed by atoms with Crippen LogP contribution in [0.5, 0.6) is 0 Å². The maximum Gasteiger partial charge on any atom is 0.309 e. The highest BCUT2D eigenvalue weighted by Crippen LogP contribution is 2.25. The molecular formula is C24H38O4. The number of hydrogen-bond acceptors (Lipinski definition) is 3. The van der Waals surface area contributed by atoms with Gasteiger partial charge in [-0.05, 0) is 109 Å². The van der Waals surface area contributed by atoms with Crippen molar-refractivity contribution in [3.05, 3.63) is 34.4 Å². The molecule has 0 fully saturated rings. The monoisotopic (exact) mass is 390 g/mol. The number of benzene rings is 1. The second kappa shape index (κ2) is 10.6. The number of rotatable bonds is 13. The van der Waals surface area contributed by atoms with Crippen molar-refractivity contribution in [2.24, 2.45) is 5.41 Å². The topological polar surface area (TPSA) is 63.6 Å². The van der Waals surface area contributed by atoms with Gasteiger partial charge in [-0.15, -0.1) is 0 Å². The Bertz CT molecular complexity index is 659. The molecule has 0 aromatic heterocycles. The summed E-state index contributed by atoms with van der Waals surface area (Å²) in [6, 6.07) is 4.58. The van der Waals surface area contributed by atoms with E-state index in [9.17, 15) is 14.7 Å². The number of unbranched alkanes of at least 4 members (excludes halogenated alkanes) is 2. The number of aliphatic carboxylic acids is 1. The number of aryl methyl sites for hydroxylation is 3. The van der Waals surface area contributed by atoms with E-state index in [1.54, 1.807) is 13.8 Å². The van der Waals surface area contributed by atoms with Crippen molar-refractivity contribution in [1.82, 2.24) is 0 Å². The lowest BCUT2D eigenvalue weighted by atomic mass is 9.86. The van der Waals surface area contributed by atoms with Crippen molar-refractivity contribution in [1.29, 1.82) is 0 Å².